The number of aliphatic hydroxyl groups excluding tert-OH is 1. The molecule has 1 heterocycles. The van der Waals surface area contributed by atoms with Crippen molar-refractivity contribution in [1.82, 2.24) is 0 Å². The van der Waals surface area contributed by atoms with Crippen LogP contribution < -0.4 is 0 Å². The van der Waals surface area contributed by atoms with Gasteiger partial charge < -0.3 is 9.84 Å². The van der Waals surface area contributed by atoms with Gasteiger partial charge in [0.25, 0.3) is 0 Å². The molecular formula is C15H26O2S. The van der Waals surface area contributed by atoms with Crippen LogP contribution in [0.4, 0.5) is 0 Å². The van der Waals surface area contributed by atoms with Crippen molar-refractivity contribution in [3.8, 4) is 0 Å². The van der Waals surface area contributed by atoms with Gasteiger partial charge in [0.05, 0.1) is 11.7 Å². The molecule has 0 aliphatic carbocycles. The average Bonchev–Trinajstić information content (AvgIpc) is 2.75. The summed E-state index contributed by atoms with van der Waals surface area (Å²) in [7, 11) is 1.72. The maximum Gasteiger partial charge on any atom is 0.0883 e. The third-order valence-electron chi connectivity index (χ3n) is 3.27. The molecule has 0 radical (unpaired) electrons. The van der Waals surface area contributed by atoms with Gasteiger partial charge in [0.15, 0.2) is 0 Å². The molecular weight excluding hydrogens is 244 g/mol. The zero-order valence-corrected chi connectivity index (χ0v) is 13.2. The molecule has 0 fully saturated rings. The quantitative estimate of drug-likeness (QED) is 0.865. The Bertz CT molecular complexity index is 374. The largest absolute Gasteiger partial charge is 0.388 e. The molecule has 0 spiro atoms. The first-order valence-electron chi connectivity index (χ1n) is 6.49. The molecule has 1 N–H and O–H groups in total. The molecule has 1 rings (SSSR count). The molecule has 0 amide bonds. The van der Waals surface area contributed by atoms with E-state index in [1.165, 1.54) is 4.88 Å². The zero-order valence-electron chi connectivity index (χ0n) is 12.4. The summed E-state index contributed by atoms with van der Waals surface area (Å²) in [5.41, 5.74) is -0.000462. The molecule has 1 atom stereocenters. The first kappa shape index (κ1) is 15.7. The van der Waals surface area contributed by atoms with Crippen molar-refractivity contribution < 1.29 is 9.84 Å². The van der Waals surface area contributed by atoms with Gasteiger partial charge in [0, 0.05) is 16.9 Å². The molecule has 18 heavy (non-hydrogen) atoms. The van der Waals surface area contributed by atoms with Gasteiger partial charge in [0.1, 0.15) is 0 Å². The third-order valence-corrected chi connectivity index (χ3v) is 4.88. The lowest BCUT2D eigenvalue weighted by Crippen LogP contribution is -2.22. The Hall–Kier alpha value is -0.380. The highest BCUT2D eigenvalue weighted by Gasteiger charge is 2.22. The number of aliphatic hydroxyl groups is 1. The Morgan fingerprint density at radius 2 is 1.83 bits per heavy atom. The maximum atomic E-state index is 10.2. The van der Waals surface area contributed by atoms with Gasteiger partial charge in [-0.15, -0.1) is 11.3 Å². The van der Waals surface area contributed by atoms with Crippen molar-refractivity contribution in [2.75, 3.05) is 7.11 Å². The third kappa shape index (κ3) is 4.38. The van der Waals surface area contributed by atoms with E-state index in [-0.39, 0.29) is 17.1 Å². The second-order valence-electron chi connectivity index (χ2n) is 6.47. The Labute approximate surface area is 115 Å². The monoisotopic (exact) mass is 270 g/mol. The van der Waals surface area contributed by atoms with Crippen LogP contribution in [0, 0.1) is 0 Å². The predicted octanol–water partition coefficient (Wildman–Crippen LogP) is 4.28. The molecule has 1 aromatic heterocycles. The van der Waals surface area contributed by atoms with Gasteiger partial charge in [-0.2, -0.15) is 0 Å². The van der Waals surface area contributed by atoms with E-state index < -0.39 is 0 Å². The van der Waals surface area contributed by atoms with Gasteiger partial charge in [0.2, 0.25) is 0 Å². The van der Waals surface area contributed by atoms with Crippen LogP contribution in [0.2, 0.25) is 0 Å². The van der Waals surface area contributed by atoms with Crippen molar-refractivity contribution in [3.63, 3.8) is 0 Å². The summed E-state index contributed by atoms with van der Waals surface area (Å²) in [4.78, 5) is 2.38. The second-order valence-corrected chi connectivity index (χ2v) is 7.59. The summed E-state index contributed by atoms with van der Waals surface area (Å²) >= 11 is 1.72. The molecule has 1 aromatic rings. The fourth-order valence-electron chi connectivity index (χ4n) is 1.66. The van der Waals surface area contributed by atoms with Crippen molar-refractivity contribution in [2.24, 2.45) is 0 Å². The van der Waals surface area contributed by atoms with Gasteiger partial charge in [-0.05, 0) is 44.2 Å². The van der Waals surface area contributed by atoms with E-state index in [0.717, 1.165) is 17.7 Å². The predicted molar refractivity (Wildman–Crippen MR) is 78.3 cm³/mol. The molecule has 104 valence electrons. The normalized spacial score (nSPS) is 14.8. The first-order chi connectivity index (χ1) is 8.15. The Kier molecular flexibility index (Phi) is 4.98. The van der Waals surface area contributed by atoms with E-state index >= 15 is 0 Å². The van der Waals surface area contributed by atoms with E-state index in [2.05, 4.69) is 46.8 Å². The SMILES string of the molecule is COC(C)(C)CCC(O)c1ccc(C(C)(C)C)s1. The van der Waals surface area contributed by atoms with Crippen molar-refractivity contribution in [3.05, 3.63) is 21.9 Å². The number of ether oxygens (including phenoxy) is 1. The smallest absolute Gasteiger partial charge is 0.0883 e. The van der Waals surface area contributed by atoms with E-state index in [1.54, 1.807) is 18.4 Å². The lowest BCUT2D eigenvalue weighted by atomic mass is 9.95. The minimum absolute atomic E-state index is 0.161. The molecule has 0 aliphatic rings. The molecule has 0 aromatic carbocycles. The second kappa shape index (κ2) is 5.72. The molecule has 0 saturated heterocycles. The van der Waals surface area contributed by atoms with Gasteiger partial charge in [-0.1, -0.05) is 20.8 Å². The molecule has 0 aliphatic heterocycles. The van der Waals surface area contributed by atoms with E-state index in [4.69, 9.17) is 4.74 Å². The van der Waals surface area contributed by atoms with Crippen LogP contribution in [0.15, 0.2) is 12.1 Å². The van der Waals surface area contributed by atoms with Crippen molar-refractivity contribution in [1.29, 1.82) is 0 Å². The summed E-state index contributed by atoms with van der Waals surface area (Å²) in [6.45, 7) is 10.7. The van der Waals surface area contributed by atoms with Crippen molar-refractivity contribution in [2.45, 2.75) is 64.6 Å². The van der Waals surface area contributed by atoms with E-state index in [0.29, 0.717) is 0 Å². The minimum atomic E-state index is -0.375. The summed E-state index contributed by atoms with van der Waals surface area (Å²) < 4.78 is 5.38. The van der Waals surface area contributed by atoms with Gasteiger partial charge >= 0.3 is 0 Å². The van der Waals surface area contributed by atoms with Gasteiger partial charge in [-0.25, -0.2) is 0 Å². The number of thiophene rings is 1. The van der Waals surface area contributed by atoms with Crippen LogP contribution in [-0.4, -0.2) is 17.8 Å². The zero-order chi connectivity index (χ0) is 14.0. The molecule has 0 saturated carbocycles. The number of methoxy groups -OCH3 is 1. The van der Waals surface area contributed by atoms with Crippen LogP contribution in [-0.2, 0) is 10.2 Å². The summed E-state index contributed by atoms with van der Waals surface area (Å²) in [5, 5.41) is 10.2. The lowest BCUT2D eigenvalue weighted by molar-refractivity contribution is 0.00310. The maximum absolute atomic E-state index is 10.2. The lowest BCUT2D eigenvalue weighted by Gasteiger charge is -2.24. The number of hydrogen-bond acceptors (Lipinski definition) is 3. The average molecular weight is 270 g/mol. The Balaban J connectivity index is 2.63. The van der Waals surface area contributed by atoms with Crippen molar-refractivity contribution >= 4 is 11.3 Å². The number of rotatable bonds is 5. The van der Waals surface area contributed by atoms with Gasteiger partial charge in [-0.3, -0.25) is 0 Å². The highest BCUT2D eigenvalue weighted by atomic mass is 32.1. The molecule has 2 nitrogen and oxygen atoms in total. The van der Waals surface area contributed by atoms with Crippen LogP contribution in [0.3, 0.4) is 0 Å². The van der Waals surface area contributed by atoms with E-state index in [9.17, 15) is 5.11 Å². The number of hydrogen-bond donors (Lipinski definition) is 1. The standard InChI is InChI=1S/C15H26O2S/c1-14(2,3)13-8-7-12(18-13)11(16)9-10-15(4,5)17-6/h7-8,11,16H,9-10H2,1-6H3. The van der Waals surface area contributed by atoms with Crippen LogP contribution >= 0.6 is 11.3 Å². The minimum Gasteiger partial charge on any atom is -0.388 e. The summed E-state index contributed by atoms with van der Waals surface area (Å²) in [6.07, 6.45) is 1.22. The highest BCUT2D eigenvalue weighted by molar-refractivity contribution is 7.12. The summed E-state index contributed by atoms with van der Waals surface area (Å²) in [6, 6.07) is 4.18. The fourth-order valence-corrected chi connectivity index (χ4v) is 2.75. The van der Waals surface area contributed by atoms with Crippen LogP contribution in [0.5, 0.6) is 0 Å². The van der Waals surface area contributed by atoms with Crippen LogP contribution in [0.25, 0.3) is 0 Å². The highest BCUT2D eigenvalue weighted by Crippen LogP contribution is 2.34. The molecule has 1 unspecified atom stereocenters. The Morgan fingerprint density at radius 3 is 2.28 bits per heavy atom. The molecule has 3 heteroatoms. The topological polar surface area (TPSA) is 29.5 Å². The molecule has 0 bridgehead atoms. The van der Waals surface area contributed by atoms with Crippen LogP contribution in [0.1, 0.15) is 63.3 Å². The fraction of sp³-hybridized carbons (Fsp3) is 0.733. The Morgan fingerprint density at radius 1 is 1.22 bits per heavy atom. The summed E-state index contributed by atoms with van der Waals surface area (Å²) in [5.74, 6) is 0. The first-order valence-corrected chi connectivity index (χ1v) is 7.31. The van der Waals surface area contributed by atoms with E-state index in [1.807, 2.05) is 0 Å².